The maximum Gasteiger partial charge on any atom is 0.0786 e. The summed E-state index contributed by atoms with van der Waals surface area (Å²) >= 11 is 6.28. The van der Waals surface area contributed by atoms with Gasteiger partial charge in [-0.2, -0.15) is 0 Å². The van der Waals surface area contributed by atoms with Crippen molar-refractivity contribution in [3.8, 4) is 0 Å². The fourth-order valence-electron chi connectivity index (χ4n) is 2.74. The Bertz CT molecular complexity index is 420. The first-order valence-electron chi connectivity index (χ1n) is 6.99. The van der Waals surface area contributed by atoms with Gasteiger partial charge in [-0.05, 0) is 38.6 Å². The largest absolute Gasteiger partial charge is 0.382 e. The molecule has 106 valence electrons. The van der Waals surface area contributed by atoms with E-state index in [4.69, 9.17) is 11.6 Å². The zero-order chi connectivity index (χ0) is 13.8. The van der Waals surface area contributed by atoms with E-state index in [2.05, 4.69) is 28.2 Å². The van der Waals surface area contributed by atoms with Crippen LogP contribution >= 0.6 is 11.6 Å². The van der Waals surface area contributed by atoms with Crippen molar-refractivity contribution in [3.63, 3.8) is 0 Å². The lowest BCUT2D eigenvalue weighted by molar-refractivity contribution is 0.194. The van der Waals surface area contributed by atoms with Gasteiger partial charge in [-0.3, -0.25) is 0 Å². The Morgan fingerprint density at radius 3 is 2.84 bits per heavy atom. The third-order valence-electron chi connectivity index (χ3n) is 3.88. The fraction of sp³-hybridized carbons (Fsp3) is 0.600. The second-order valence-corrected chi connectivity index (χ2v) is 5.95. The van der Waals surface area contributed by atoms with Gasteiger partial charge in [0.05, 0.1) is 16.4 Å². The van der Waals surface area contributed by atoms with E-state index < -0.39 is 0 Å². The van der Waals surface area contributed by atoms with Crippen LogP contribution in [0.2, 0.25) is 5.02 Å². The highest BCUT2D eigenvalue weighted by molar-refractivity contribution is 6.34. The number of para-hydroxylation sites is 1. The number of likely N-dealkylation sites (tertiary alicyclic amines) is 1. The highest BCUT2D eigenvalue weighted by atomic mass is 35.5. The minimum atomic E-state index is 0.628. The maximum atomic E-state index is 6.28. The minimum Gasteiger partial charge on any atom is -0.382 e. The van der Waals surface area contributed by atoms with E-state index in [1.54, 1.807) is 0 Å². The molecule has 1 aromatic carbocycles. The third kappa shape index (κ3) is 3.54. The van der Waals surface area contributed by atoms with E-state index in [-0.39, 0.29) is 0 Å². The smallest absolute Gasteiger partial charge is 0.0786 e. The summed E-state index contributed by atoms with van der Waals surface area (Å²) in [6.45, 7) is 2.19. The number of rotatable bonds is 4. The molecule has 0 radical (unpaired) electrons. The molecule has 1 aliphatic rings. The number of benzene rings is 1. The fourth-order valence-corrected chi connectivity index (χ4v) is 3.09. The molecule has 2 rings (SSSR count). The predicted molar refractivity (Wildman–Crippen MR) is 84.5 cm³/mol. The van der Waals surface area contributed by atoms with Crippen LogP contribution in [0.15, 0.2) is 18.2 Å². The average molecular weight is 282 g/mol. The lowest BCUT2D eigenvalue weighted by Gasteiger charge is -2.33. The van der Waals surface area contributed by atoms with Crippen LogP contribution < -0.4 is 10.2 Å². The predicted octanol–water partition coefficient (Wildman–Crippen LogP) is 3.30. The minimum absolute atomic E-state index is 0.628. The quantitative estimate of drug-likeness (QED) is 0.914. The van der Waals surface area contributed by atoms with Crippen molar-refractivity contribution in [2.24, 2.45) is 0 Å². The molecule has 1 aliphatic heterocycles. The van der Waals surface area contributed by atoms with Crippen molar-refractivity contribution in [3.05, 3.63) is 23.2 Å². The summed E-state index contributed by atoms with van der Waals surface area (Å²) in [5, 5.41) is 4.37. The van der Waals surface area contributed by atoms with Gasteiger partial charge < -0.3 is 15.1 Å². The first-order valence-corrected chi connectivity index (χ1v) is 7.37. The summed E-state index contributed by atoms with van der Waals surface area (Å²) < 4.78 is 0. The zero-order valence-corrected chi connectivity index (χ0v) is 12.9. The van der Waals surface area contributed by atoms with Gasteiger partial charge in [0, 0.05) is 26.7 Å². The van der Waals surface area contributed by atoms with Crippen LogP contribution in [0.3, 0.4) is 0 Å². The van der Waals surface area contributed by atoms with E-state index >= 15 is 0 Å². The Kier molecular flexibility index (Phi) is 4.94. The average Bonchev–Trinajstić information content (AvgIpc) is 2.37. The molecule has 1 saturated heterocycles. The third-order valence-corrected chi connectivity index (χ3v) is 4.19. The number of nitrogens with zero attached hydrogens (tertiary/aromatic N) is 2. The number of nitrogens with one attached hydrogen (secondary N) is 1. The molecule has 0 aromatic heterocycles. The highest BCUT2D eigenvalue weighted by Gasteiger charge is 2.19. The number of likely N-dealkylation sites (N-methyl/N-ethyl adjacent to an activating group) is 1. The summed E-state index contributed by atoms with van der Waals surface area (Å²) in [5.74, 6) is 0. The molecule has 0 bridgehead atoms. The van der Waals surface area contributed by atoms with Crippen LogP contribution in [0, 0.1) is 0 Å². The van der Waals surface area contributed by atoms with E-state index in [1.165, 1.54) is 25.8 Å². The second kappa shape index (κ2) is 6.49. The van der Waals surface area contributed by atoms with Gasteiger partial charge in [-0.25, -0.2) is 0 Å². The Labute approximate surface area is 121 Å². The van der Waals surface area contributed by atoms with E-state index in [1.807, 2.05) is 26.2 Å². The molecule has 1 fully saturated rings. The van der Waals surface area contributed by atoms with Crippen molar-refractivity contribution in [1.82, 2.24) is 4.90 Å². The molecule has 1 atom stereocenters. The molecule has 1 unspecified atom stereocenters. The molecule has 4 heteroatoms. The highest BCUT2D eigenvalue weighted by Crippen LogP contribution is 2.32. The molecule has 1 aromatic rings. The van der Waals surface area contributed by atoms with E-state index in [0.29, 0.717) is 6.04 Å². The van der Waals surface area contributed by atoms with Gasteiger partial charge in [0.15, 0.2) is 0 Å². The lowest BCUT2D eigenvalue weighted by Crippen LogP contribution is -2.40. The Morgan fingerprint density at radius 1 is 1.37 bits per heavy atom. The van der Waals surface area contributed by atoms with Crippen molar-refractivity contribution in [1.29, 1.82) is 0 Å². The standard InChI is InChI=1S/C15H24ClN3/c1-18(2)15-13(16)8-6-9-14(15)17-11-12-7-4-5-10-19(12)3/h6,8-9,12,17H,4-5,7,10-11H2,1-3H3. The van der Waals surface area contributed by atoms with Gasteiger partial charge in [0.25, 0.3) is 0 Å². The molecule has 3 nitrogen and oxygen atoms in total. The summed E-state index contributed by atoms with van der Waals surface area (Å²) in [7, 11) is 6.27. The van der Waals surface area contributed by atoms with Gasteiger partial charge in [-0.1, -0.05) is 24.1 Å². The van der Waals surface area contributed by atoms with Crippen LogP contribution in [-0.2, 0) is 0 Å². The number of hydrogen-bond acceptors (Lipinski definition) is 3. The molecular weight excluding hydrogens is 258 g/mol. The van der Waals surface area contributed by atoms with Crippen molar-refractivity contribution < 1.29 is 0 Å². The number of anilines is 2. The number of piperidine rings is 1. The molecule has 1 heterocycles. The van der Waals surface area contributed by atoms with E-state index in [0.717, 1.165) is 22.9 Å². The zero-order valence-electron chi connectivity index (χ0n) is 12.1. The van der Waals surface area contributed by atoms with E-state index in [9.17, 15) is 0 Å². The van der Waals surface area contributed by atoms with Crippen LogP contribution in [-0.4, -0.2) is 45.2 Å². The first kappa shape index (κ1) is 14.5. The Hall–Kier alpha value is -0.930. The summed E-state index contributed by atoms with van der Waals surface area (Å²) in [4.78, 5) is 4.52. The molecular formula is C15H24ClN3. The van der Waals surface area contributed by atoms with Gasteiger partial charge >= 0.3 is 0 Å². The molecule has 0 spiro atoms. The van der Waals surface area contributed by atoms with Crippen LogP contribution in [0.5, 0.6) is 0 Å². The normalized spacial score (nSPS) is 20.3. The molecule has 0 saturated carbocycles. The van der Waals surface area contributed by atoms with Crippen LogP contribution in [0.25, 0.3) is 0 Å². The Balaban J connectivity index is 2.05. The van der Waals surface area contributed by atoms with Gasteiger partial charge in [0.1, 0.15) is 0 Å². The number of halogens is 1. The SMILES string of the molecule is CN(C)c1c(Cl)cccc1NCC1CCCCN1C. The van der Waals surface area contributed by atoms with Crippen LogP contribution in [0.1, 0.15) is 19.3 Å². The summed E-state index contributed by atoms with van der Waals surface area (Å²) in [6.07, 6.45) is 3.95. The molecule has 1 N–H and O–H groups in total. The molecule has 19 heavy (non-hydrogen) atoms. The lowest BCUT2D eigenvalue weighted by atomic mass is 10.0. The number of hydrogen-bond donors (Lipinski definition) is 1. The van der Waals surface area contributed by atoms with Gasteiger partial charge in [-0.15, -0.1) is 0 Å². The summed E-state index contributed by atoms with van der Waals surface area (Å²) in [6, 6.07) is 6.67. The molecule has 0 amide bonds. The van der Waals surface area contributed by atoms with Crippen molar-refractivity contribution in [2.75, 3.05) is 44.4 Å². The topological polar surface area (TPSA) is 18.5 Å². The van der Waals surface area contributed by atoms with Gasteiger partial charge in [0.2, 0.25) is 0 Å². The second-order valence-electron chi connectivity index (χ2n) is 5.54. The van der Waals surface area contributed by atoms with Crippen molar-refractivity contribution >= 4 is 23.0 Å². The maximum absolute atomic E-state index is 6.28. The first-order chi connectivity index (χ1) is 9.09. The summed E-state index contributed by atoms with van der Waals surface area (Å²) in [5.41, 5.74) is 2.19. The monoisotopic (exact) mass is 281 g/mol. The Morgan fingerprint density at radius 2 is 2.16 bits per heavy atom. The molecule has 0 aliphatic carbocycles. The van der Waals surface area contributed by atoms with Crippen molar-refractivity contribution in [2.45, 2.75) is 25.3 Å². The van der Waals surface area contributed by atoms with Crippen LogP contribution in [0.4, 0.5) is 11.4 Å².